The third kappa shape index (κ3) is 3.73. The Balaban J connectivity index is 1.71. The fourth-order valence-electron chi connectivity index (χ4n) is 2.08. The number of benzene rings is 2. The highest BCUT2D eigenvalue weighted by atomic mass is 79.9. The van der Waals surface area contributed by atoms with Crippen LogP contribution >= 0.6 is 27.7 Å². The van der Waals surface area contributed by atoms with Crippen LogP contribution in [0.3, 0.4) is 0 Å². The molecule has 0 spiro atoms. The number of ether oxygens (including phenoxy) is 1. The van der Waals surface area contributed by atoms with Crippen LogP contribution < -0.4 is 5.32 Å². The minimum absolute atomic E-state index is 0.107. The molecule has 2 aromatic rings. The third-order valence-corrected chi connectivity index (χ3v) is 4.79. The molecule has 1 N–H and O–H groups in total. The predicted molar refractivity (Wildman–Crippen MR) is 89.0 cm³/mol. The second kappa shape index (κ2) is 6.72. The van der Waals surface area contributed by atoms with Gasteiger partial charge >= 0.3 is 5.97 Å². The first-order valence-electron chi connectivity index (χ1n) is 6.70. The maximum Gasteiger partial charge on any atom is 0.338 e. The molecular weight excluding hydrogens is 385 g/mol. The Labute approximate surface area is 144 Å². The van der Waals surface area contributed by atoms with Gasteiger partial charge in [0.25, 0.3) is 0 Å². The molecule has 3 rings (SSSR count). The number of nitrogens with one attached hydrogen (secondary N) is 1. The number of amides is 1. The number of hydrogen-bond donors (Lipinski definition) is 1. The summed E-state index contributed by atoms with van der Waals surface area (Å²) in [5, 5.41) is 2.71. The van der Waals surface area contributed by atoms with Crippen molar-refractivity contribution in [3.05, 3.63) is 57.8 Å². The summed E-state index contributed by atoms with van der Waals surface area (Å²) in [6.07, 6.45) is 0. The smallest absolute Gasteiger partial charge is 0.338 e. The molecule has 1 aliphatic rings. The molecule has 0 fully saturated rings. The second-order valence-electron chi connectivity index (χ2n) is 4.86. The molecule has 1 amide bonds. The first-order valence-corrected chi connectivity index (χ1v) is 8.48. The molecule has 0 aliphatic carbocycles. The number of carbonyl (C=O) groups is 2. The van der Waals surface area contributed by atoms with Crippen molar-refractivity contribution in [2.45, 2.75) is 11.5 Å². The van der Waals surface area contributed by atoms with E-state index in [9.17, 15) is 14.0 Å². The van der Waals surface area contributed by atoms with E-state index in [1.165, 1.54) is 17.8 Å². The molecule has 2 aromatic carbocycles. The largest absolute Gasteiger partial charge is 0.457 e. The van der Waals surface area contributed by atoms with Gasteiger partial charge < -0.3 is 10.1 Å². The minimum Gasteiger partial charge on any atom is -0.457 e. The molecule has 0 saturated carbocycles. The van der Waals surface area contributed by atoms with E-state index in [0.29, 0.717) is 27.0 Å². The van der Waals surface area contributed by atoms with E-state index in [2.05, 4.69) is 21.2 Å². The van der Waals surface area contributed by atoms with Gasteiger partial charge in [-0.05, 0) is 30.3 Å². The zero-order valence-electron chi connectivity index (χ0n) is 11.8. The Morgan fingerprint density at radius 2 is 2.13 bits per heavy atom. The molecule has 1 heterocycles. The van der Waals surface area contributed by atoms with Crippen LogP contribution in [0.5, 0.6) is 0 Å². The van der Waals surface area contributed by atoms with E-state index < -0.39 is 11.8 Å². The molecule has 0 saturated heterocycles. The highest BCUT2D eigenvalue weighted by Crippen LogP contribution is 2.32. The minimum atomic E-state index is -0.569. The number of thioether (sulfide) groups is 1. The molecule has 118 valence electrons. The van der Waals surface area contributed by atoms with Crippen LogP contribution in [0, 0.1) is 5.82 Å². The molecule has 0 unspecified atom stereocenters. The third-order valence-electron chi connectivity index (χ3n) is 3.22. The van der Waals surface area contributed by atoms with Crippen molar-refractivity contribution >= 4 is 45.3 Å². The number of esters is 1. The summed E-state index contributed by atoms with van der Waals surface area (Å²) < 4.78 is 19.5. The van der Waals surface area contributed by atoms with Crippen LogP contribution in [0.15, 0.2) is 45.8 Å². The highest BCUT2D eigenvalue weighted by molar-refractivity contribution is 9.10. The number of carbonyl (C=O) groups excluding carboxylic acids is 2. The second-order valence-corrected chi connectivity index (χ2v) is 6.79. The van der Waals surface area contributed by atoms with E-state index in [0.717, 1.165) is 4.90 Å². The topological polar surface area (TPSA) is 55.4 Å². The Morgan fingerprint density at radius 3 is 2.91 bits per heavy atom. The van der Waals surface area contributed by atoms with Gasteiger partial charge in [-0.15, -0.1) is 11.8 Å². The van der Waals surface area contributed by atoms with E-state index >= 15 is 0 Å². The van der Waals surface area contributed by atoms with E-state index in [1.807, 2.05) is 0 Å². The zero-order valence-corrected chi connectivity index (χ0v) is 14.2. The maximum atomic E-state index is 13.7. The van der Waals surface area contributed by atoms with Crippen molar-refractivity contribution in [2.24, 2.45) is 0 Å². The standard InChI is InChI=1S/C16H11BrFNO3S/c17-11-3-1-10(12(18)6-11)7-22-16(21)9-2-4-14-13(5-9)19-15(20)8-23-14/h1-6H,7-8H2,(H,19,20). The predicted octanol–water partition coefficient (Wildman–Crippen LogP) is 3.99. The van der Waals surface area contributed by atoms with Crippen molar-refractivity contribution in [1.29, 1.82) is 0 Å². The fourth-order valence-corrected chi connectivity index (χ4v) is 3.20. The summed E-state index contributed by atoms with van der Waals surface area (Å²) in [6.45, 7) is -0.157. The number of rotatable bonds is 3. The number of hydrogen-bond acceptors (Lipinski definition) is 4. The summed E-state index contributed by atoms with van der Waals surface area (Å²) in [7, 11) is 0. The van der Waals surface area contributed by atoms with Gasteiger partial charge in [-0.2, -0.15) is 0 Å². The summed E-state index contributed by atoms with van der Waals surface area (Å²) in [5.74, 6) is -0.759. The number of halogens is 2. The van der Waals surface area contributed by atoms with Gasteiger partial charge in [-0.3, -0.25) is 4.79 Å². The summed E-state index contributed by atoms with van der Waals surface area (Å²) >= 11 is 4.58. The molecule has 0 aromatic heterocycles. The maximum absolute atomic E-state index is 13.7. The first kappa shape index (κ1) is 16.0. The van der Waals surface area contributed by atoms with E-state index in [-0.39, 0.29) is 12.5 Å². The quantitative estimate of drug-likeness (QED) is 0.798. The van der Waals surface area contributed by atoms with Crippen molar-refractivity contribution < 1.29 is 18.7 Å². The van der Waals surface area contributed by atoms with Crippen LogP contribution in [0.4, 0.5) is 10.1 Å². The molecule has 1 aliphatic heterocycles. The Kier molecular flexibility index (Phi) is 4.68. The van der Waals surface area contributed by atoms with Crippen LogP contribution in [-0.4, -0.2) is 17.6 Å². The van der Waals surface area contributed by atoms with Crippen LogP contribution in [0.2, 0.25) is 0 Å². The molecule has 0 bridgehead atoms. The zero-order chi connectivity index (χ0) is 16.4. The van der Waals surface area contributed by atoms with Gasteiger partial charge in [0.2, 0.25) is 5.91 Å². The highest BCUT2D eigenvalue weighted by Gasteiger charge is 2.18. The lowest BCUT2D eigenvalue weighted by molar-refractivity contribution is -0.113. The molecule has 0 radical (unpaired) electrons. The Morgan fingerprint density at radius 1 is 1.30 bits per heavy atom. The van der Waals surface area contributed by atoms with Crippen LogP contribution in [0.1, 0.15) is 15.9 Å². The first-order chi connectivity index (χ1) is 11.0. The van der Waals surface area contributed by atoms with Gasteiger partial charge in [-0.25, -0.2) is 9.18 Å². The average molecular weight is 396 g/mol. The SMILES string of the molecule is O=C1CSc2ccc(C(=O)OCc3ccc(Br)cc3F)cc2N1. The van der Waals surface area contributed by atoms with Gasteiger partial charge in [0, 0.05) is 14.9 Å². The van der Waals surface area contributed by atoms with Crippen molar-refractivity contribution in [1.82, 2.24) is 0 Å². The van der Waals surface area contributed by atoms with Crippen molar-refractivity contribution in [2.75, 3.05) is 11.1 Å². The average Bonchev–Trinajstić information content (AvgIpc) is 2.53. The van der Waals surface area contributed by atoms with Crippen molar-refractivity contribution in [3.8, 4) is 0 Å². The number of fused-ring (bicyclic) bond motifs is 1. The lowest BCUT2D eigenvalue weighted by Crippen LogP contribution is -2.19. The van der Waals surface area contributed by atoms with E-state index in [4.69, 9.17) is 4.74 Å². The van der Waals surface area contributed by atoms with Gasteiger partial charge in [0.1, 0.15) is 12.4 Å². The molecule has 7 heteroatoms. The summed E-state index contributed by atoms with van der Waals surface area (Å²) in [4.78, 5) is 24.4. The van der Waals surface area contributed by atoms with Gasteiger partial charge in [0.05, 0.1) is 17.0 Å². The lowest BCUT2D eigenvalue weighted by Gasteiger charge is -2.16. The van der Waals surface area contributed by atoms with Gasteiger partial charge in [-0.1, -0.05) is 22.0 Å². The van der Waals surface area contributed by atoms with Crippen LogP contribution in [-0.2, 0) is 16.1 Å². The Hall–Kier alpha value is -1.86. The molecule has 23 heavy (non-hydrogen) atoms. The summed E-state index contributed by atoms with van der Waals surface area (Å²) in [6, 6.07) is 9.50. The van der Waals surface area contributed by atoms with E-state index in [1.54, 1.807) is 30.3 Å². The van der Waals surface area contributed by atoms with Crippen LogP contribution in [0.25, 0.3) is 0 Å². The lowest BCUT2D eigenvalue weighted by atomic mass is 10.2. The Bertz CT molecular complexity index is 797. The number of anilines is 1. The van der Waals surface area contributed by atoms with Gasteiger partial charge in [0.15, 0.2) is 0 Å². The fraction of sp³-hybridized carbons (Fsp3) is 0.125. The van der Waals surface area contributed by atoms with Crippen molar-refractivity contribution in [3.63, 3.8) is 0 Å². The summed E-state index contributed by atoms with van der Waals surface area (Å²) in [5.41, 5.74) is 1.20. The molecular formula is C16H11BrFNO3S. The monoisotopic (exact) mass is 395 g/mol. The molecule has 4 nitrogen and oxygen atoms in total. The normalized spacial score (nSPS) is 13.2. The molecule has 0 atom stereocenters.